The van der Waals surface area contributed by atoms with Gasteiger partial charge in [0.1, 0.15) is 24.8 Å². The molecule has 2 rings (SSSR count). The maximum absolute atomic E-state index is 9.66. The minimum Gasteiger partial charge on any atom is -0.550 e. The second kappa shape index (κ2) is 11.2. The molecule has 0 radical (unpaired) electrons. The van der Waals surface area contributed by atoms with Crippen molar-refractivity contribution in [1.82, 2.24) is 9.97 Å². The van der Waals surface area contributed by atoms with Gasteiger partial charge in [-0.15, -0.1) is 0 Å². The van der Waals surface area contributed by atoms with Crippen LogP contribution in [0.4, 0.5) is 0 Å². The molecule has 0 bridgehead atoms. The highest BCUT2D eigenvalue weighted by molar-refractivity contribution is 5.67. The monoisotopic (exact) mass is 296 g/mol. The summed E-state index contributed by atoms with van der Waals surface area (Å²) in [5.74, 6) is -2.45. The van der Waals surface area contributed by atoms with Gasteiger partial charge < -0.3 is 19.8 Å². The number of aromatic amines is 2. The predicted octanol–water partition coefficient (Wildman–Crippen LogP) is -2.67. The van der Waals surface area contributed by atoms with Gasteiger partial charge in [0.15, 0.2) is 0 Å². The van der Waals surface area contributed by atoms with Crippen LogP contribution in [-0.4, -0.2) is 21.9 Å². The normalized spacial score (nSPS) is 8.86. The number of nitrogens with one attached hydrogen (secondary N) is 2. The second-order valence-corrected chi connectivity index (χ2v) is 4.15. The first kappa shape index (κ1) is 18.4. The summed E-state index contributed by atoms with van der Waals surface area (Å²) < 4.78 is 3.89. The quantitative estimate of drug-likeness (QED) is 0.598. The van der Waals surface area contributed by atoms with E-state index in [1.165, 1.54) is 0 Å². The number of H-pyrrole nitrogens is 2. The number of aliphatic carboxylic acids is 2. The Morgan fingerprint density at radius 2 is 1.29 bits per heavy atom. The summed E-state index contributed by atoms with van der Waals surface area (Å²) in [6.45, 7) is 0. The molecule has 8 nitrogen and oxygen atoms in total. The zero-order valence-corrected chi connectivity index (χ0v) is 12.1. The van der Waals surface area contributed by atoms with E-state index in [2.05, 4.69) is 9.97 Å². The molecule has 0 saturated heterocycles. The van der Waals surface area contributed by atoms with Crippen molar-refractivity contribution in [1.29, 1.82) is 0 Å². The topological polar surface area (TPSA) is 120 Å². The van der Waals surface area contributed by atoms with E-state index in [1.807, 2.05) is 60.7 Å². The molecule has 0 aliphatic carbocycles. The Kier molecular flexibility index (Phi) is 9.80. The predicted molar refractivity (Wildman–Crippen MR) is 67.8 cm³/mol. The molecule has 0 amide bonds. The minimum atomic E-state index is -1.23. The summed E-state index contributed by atoms with van der Waals surface area (Å²) in [4.78, 5) is 25.1. The first-order valence-electron chi connectivity index (χ1n) is 6.27. The number of hydrogen-bond acceptors (Lipinski definition) is 4. The molecule has 0 atom stereocenters. The van der Waals surface area contributed by atoms with E-state index < -0.39 is 11.9 Å². The average molecular weight is 296 g/mol. The van der Waals surface area contributed by atoms with Crippen LogP contribution in [0, 0.1) is 0 Å². The molecule has 116 valence electrons. The lowest BCUT2D eigenvalue weighted by atomic mass is 10.2. The highest BCUT2D eigenvalue weighted by atomic mass is 16.4. The van der Waals surface area contributed by atoms with Crippen molar-refractivity contribution in [2.45, 2.75) is 19.3 Å². The fraction of sp³-hybridized carbons (Fsp3) is 0.385. The van der Waals surface area contributed by atoms with Crippen molar-refractivity contribution in [3.05, 3.63) is 37.4 Å². The molecule has 8 heteroatoms. The summed E-state index contributed by atoms with van der Waals surface area (Å²) in [6.07, 6.45) is 11.0. The summed E-state index contributed by atoms with van der Waals surface area (Å²) in [6, 6.07) is 0. The summed E-state index contributed by atoms with van der Waals surface area (Å²) >= 11 is 0. The fourth-order valence-corrected chi connectivity index (χ4v) is 1.11. The van der Waals surface area contributed by atoms with E-state index in [0.29, 0.717) is 0 Å². The van der Waals surface area contributed by atoms with E-state index >= 15 is 0 Å². The van der Waals surface area contributed by atoms with Crippen molar-refractivity contribution in [2.75, 3.05) is 0 Å². The van der Waals surface area contributed by atoms with E-state index in [-0.39, 0.29) is 19.3 Å². The molecule has 0 aliphatic heterocycles. The van der Waals surface area contributed by atoms with Crippen LogP contribution in [0.1, 0.15) is 19.3 Å². The van der Waals surface area contributed by atoms with Gasteiger partial charge >= 0.3 is 0 Å². The van der Waals surface area contributed by atoms with Gasteiger partial charge in [-0.25, -0.2) is 9.13 Å². The standard InChI is InChI=1S/C5H8O4.2C4H6N2/c6-4(7)2-1-3-5(8)9;2*1-6-3-2-5-4-6/h1-3H2,(H,6,7)(H,8,9);2*2-4H,1H3. The van der Waals surface area contributed by atoms with E-state index in [1.54, 1.807) is 0 Å². The molecular formula is C13H20N4O4. The summed E-state index contributed by atoms with van der Waals surface area (Å²) in [5, 5.41) is 19.3. The lowest BCUT2D eigenvalue weighted by Crippen LogP contribution is -2.25. The largest absolute Gasteiger partial charge is 0.550 e. The number of hydrogen-bond donors (Lipinski definition) is 2. The van der Waals surface area contributed by atoms with Crippen LogP contribution >= 0.6 is 0 Å². The molecule has 0 aliphatic rings. The molecule has 2 heterocycles. The van der Waals surface area contributed by atoms with Crippen molar-refractivity contribution in [2.24, 2.45) is 14.1 Å². The van der Waals surface area contributed by atoms with Crippen molar-refractivity contribution in [3.63, 3.8) is 0 Å². The first-order valence-corrected chi connectivity index (χ1v) is 6.27. The molecule has 0 unspecified atom stereocenters. The third-order valence-electron chi connectivity index (χ3n) is 2.13. The molecule has 2 N–H and O–H groups in total. The van der Waals surface area contributed by atoms with Crippen molar-refractivity contribution < 1.29 is 28.9 Å². The van der Waals surface area contributed by atoms with Gasteiger partial charge in [-0.2, -0.15) is 0 Å². The number of aromatic nitrogens is 4. The molecule has 0 fully saturated rings. The molecule has 0 spiro atoms. The maximum Gasteiger partial charge on any atom is 0.241 e. The van der Waals surface area contributed by atoms with Gasteiger partial charge in [0.2, 0.25) is 12.7 Å². The highest BCUT2D eigenvalue weighted by Crippen LogP contribution is 1.90. The third kappa shape index (κ3) is 13.6. The Bertz CT molecular complexity index is 448. The molecule has 2 aromatic heterocycles. The summed E-state index contributed by atoms with van der Waals surface area (Å²) in [5.41, 5.74) is 0. The van der Waals surface area contributed by atoms with E-state index in [4.69, 9.17) is 0 Å². The number of nitrogens with zero attached hydrogens (tertiary/aromatic N) is 2. The molecule has 0 aromatic carbocycles. The van der Waals surface area contributed by atoms with Gasteiger partial charge in [-0.05, 0) is 19.3 Å². The Hall–Kier alpha value is -2.64. The first-order chi connectivity index (χ1) is 9.91. The lowest BCUT2D eigenvalue weighted by Gasteiger charge is -2.01. The smallest absolute Gasteiger partial charge is 0.241 e. The van der Waals surface area contributed by atoms with Crippen LogP contribution in [0.15, 0.2) is 37.4 Å². The summed E-state index contributed by atoms with van der Waals surface area (Å²) in [7, 11) is 3.94. The zero-order chi connectivity index (χ0) is 16.1. The van der Waals surface area contributed by atoms with Crippen LogP contribution in [0.2, 0.25) is 0 Å². The molecular weight excluding hydrogens is 276 g/mol. The van der Waals surface area contributed by atoms with Crippen LogP contribution in [0.3, 0.4) is 0 Å². The Morgan fingerprint density at radius 3 is 1.43 bits per heavy atom. The average Bonchev–Trinajstić information content (AvgIpc) is 3.03. The Labute approximate surface area is 122 Å². The van der Waals surface area contributed by atoms with Crippen LogP contribution in [-0.2, 0) is 23.7 Å². The van der Waals surface area contributed by atoms with Crippen LogP contribution in [0.25, 0.3) is 0 Å². The fourth-order valence-electron chi connectivity index (χ4n) is 1.11. The number of carbonyl (C=O) groups excluding carboxylic acids is 2. The second-order valence-electron chi connectivity index (χ2n) is 4.15. The minimum absolute atomic E-state index is 0.0880. The van der Waals surface area contributed by atoms with Gasteiger partial charge in [0.25, 0.3) is 0 Å². The maximum atomic E-state index is 9.66. The number of carbonyl (C=O) groups is 2. The number of rotatable bonds is 4. The SMILES string of the molecule is C[n+]1cc[nH]c1.C[n+]1cc[nH]c1.O=C([O-])CCCC(=O)[O-]. The van der Waals surface area contributed by atoms with Crippen LogP contribution < -0.4 is 19.3 Å². The van der Waals surface area contributed by atoms with Crippen LogP contribution in [0.5, 0.6) is 0 Å². The molecule has 0 saturated carbocycles. The number of carboxylic acid groups (broad SMARTS) is 2. The zero-order valence-electron chi connectivity index (χ0n) is 12.1. The molecule has 21 heavy (non-hydrogen) atoms. The number of aryl methyl sites for hydroxylation is 2. The van der Waals surface area contributed by atoms with Crippen molar-refractivity contribution >= 4 is 11.9 Å². The van der Waals surface area contributed by atoms with Gasteiger partial charge in [-0.1, -0.05) is 0 Å². The lowest BCUT2D eigenvalue weighted by molar-refractivity contribution is -0.670. The van der Waals surface area contributed by atoms with E-state index in [0.717, 1.165) is 0 Å². The molecule has 2 aromatic rings. The van der Waals surface area contributed by atoms with Gasteiger partial charge in [0.05, 0.1) is 14.1 Å². The van der Waals surface area contributed by atoms with Gasteiger partial charge in [-0.3, -0.25) is 9.97 Å². The number of imidazole rings is 2. The highest BCUT2D eigenvalue weighted by Gasteiger charge is 1.87. The number of carboxylic acids is 2. The van der Waals surface area contributed by atoms with E-state index in [9.17, 15) is 19.8 Å². The third-order valence-corrected chi connectivity index (χ3v) is 2.13. The Balaban J connectivity index is 0.000000293. The van der Waals surface area contributed by atoms with Gasteiger partial charge in [0, 0.05) is 11.9 Å². The van der Waals surface area contributed by atoms with Crippen molar-refractivity contribution in [3.8, 4) is 0 Å². The Morgan fingerprint density at radius 1 is 0.905 bits per heavy atom.